The molecule has 0 aliphatic rings. The average Bonchev–Trinajstić information content (AvgIpc) is 2.46. The number of carbonyl (C=O) groups is 1. The molecule has 0 bridgehead atoms. The number of anilines is 1. The molecular formula is C14H13BrN2O2. The number of hydrogen-bond donors (Lipinski definition) is 1. The molecule has 19 heavy (non-hydrogen) atoms. The first-order valence-corrected chi connectivity index (χ1v) is 6.51. The number of halogens is 1. The van der Waals surface area contributed by atoms with Gasteiger partial charge in [0.15, 0.2) is 0 Å². The molecule has 1 N–H and O–H groups in total. The number of hydrogen-bond acceptors (Lipinski definition) is 4. The molecule has 0 fully saturated rings. The molecule has 1 aromatic carbocycles. The molecule has 0 radical (unpaired) electrons. The number of carbonyl (C=O) groups excluding carboxylic acids is 1. The molecule has 0 saturated heterocycles. The average molecular weight is 321 g/mol. The molecule has 0 aliphatic heterocycles. The van der Waals surface area contributed by atoms with Gasteiger partial charge in [0.2, 0.25) is 0 Å². The van der Waals surface area contributed by atoms with Gasteiger partial charge in [0, 0.05) is 17.2 Å². The quantitative estimate of drug-likeness (QED) is 0.879. The second-order valence-electron chi connectivity index (χ2n) is 3.90. The lowest BCUT2D eigenvalue weighted by Crippen LogP contribution is -2.05. The van der Waals surface area contributed by atoms with E-state index in [1.54, 1.807) is 18.3 Å². The monoisotopic (exact) mass is 320 g/mol. The van der Waals surface area contributed by atoms with Crippen molar-refractivity contribution in [2.45, 2.75) is 6.54 Å². The third-order valence-corrected chi connectivity index (χ3v) is 3.10. The second-order valence-corrected chi connectivity index (χ2v) is 4.82. The second kappa shape index (κ2) is 6.33. The van der Waals surface area contributed by atoms with Crippen molar-refractivity contribution in [3.63, 3.8) is 0 Å². The van der Waals surface area contributed by atoms with Crippen LogP contribution in [0.25, 0.3) is 0 Å². The molecule has 2 rings (SSSR count). The first-order valence-electron chi connectivity index (χ1n) is 5.72. The minimum absolute atomic E-state index is 0.367. The van der Waals surface area contributed by atoms with Crippen LogP contribution in [-0.4, -0.2) is 18.1 Å². The standard InChI is InChI=1S/C14H13BrN2O2/c1-19-14(18)11-6-7-16-13(8-11)17-9-10-2-4-12(15)5-3-10/h2-8H,9H2,1H3,(H,16,17). The van der Waals surface area contributed by atoms with E-state index in [-0.39, 0.29) is 5.97 Å². The summed E-state index contributed by atoms with van der Waals surface area (Å²) < 4.78 is 5.71. The van der Waals surface area contributed by atoms with Crippen molar-refractivity contribution in [1.29, 1.82) is 0 Å². The smallest absolute Gasteiger partial charge is 0.338 e. The summed E-state index contributed by atoms with van der Waals surface area (Å²) in [6.07, 6.45) is 1.58. The van der Waals surface area contributed by atoms with Gasteiger partial charge in [-0.05, 0) is 29.8 Å². The predicted molar refractivity (Wildman–Crippen MR) is 77.0 cm³/mol. The molecule has 0 unspecified atom stereocenters. The van der Waals surface area contributed by atoms with Crippen molar-refractivity contribution >= 4 is 27.7 Å². The molecule has 4 nitrogen and oxygen atoms in total. The number of ether oxygens (including phenoxy) is 1. The predicted octanol–water partition coefficient (Wildman–Crippen LogP) is 3.24. The maximum absolute atomic E-state index is 11.4. The lowest BCUT2D eigenvalue weighted by Gasteiger charge is -2.07. The van der Waals surface area contributed by atoms with E-state index < -0.39 is 0 Å². The van der Waals surface area contributed by atoms with Gasteiger partial charge in [-0.2, -0.15) is 0 Å². The zero-order valence-corrected chi connectivity index (χ0v) is 12.0. The number of pyridine rings is 1. The Bertz CT molecular complexity index is 570. The summed E-state index contributed by atoms with van der Waals surface area (Å²) >= 11 is 3.39. The highest BCUT2D eigenvalue weighted by molar-refractivity contribution is 9.10. The highest BCUT2D eigenvalue weighted by Gasteiger charge is 2.06. The number of aromatic nitrogens is 1. The molecule has 5 heteroatoms. The van der Waals surface area contributed by atoms with Crippen molar-refractivity contribution in [2.75, 3.05) is 12.4 Å². The molecule has 1 aromatic heterocycles. The number of esters is 1. The normalized spacial score (nSPS) is 10.0. The van der Waals surface area contributed by atoms with Gasteiger partial charge in [0.05, 0.1) is 12.7 Å². The maximum Gasteiger partial charge on any atom is 0.338 e. The van der Waals surface area contributed by atoms with Gasteiger partial charge in [0.1, 0.15) is 5.82 Å². The summed E-state index contributed by atoms with van der Waals surface area (Å²) in [6, 6.07) is 11.3. The van der Waals surface area contributed by atoms with Crippen LogP contribution in [0.3, 0.4) is 0 Å². The third-order valence-electron chi connectivity index (χ3n) is 2.57. The molecule has 0 aliphatic carbocycles. The summed E-state index contributed by atoms with van der Waals surface area (Å²) in [4.78, 5) is 15.6. The molecule has 1 heterocycles. The minimum Gasteiger partial charge on any atom is -0.465 e. The number of methoxy groups -OCH3 is 1. The van der Waals surface area contributed by atoms with Crippen molar-refractivity contribution in [2.24, 2.45) is 0 Å². The fourth-order valence-corrected chi connectivity index (χ4v) is 1.83. The van der Waals surface area contributed by atoms with Gasteiger partial charge in [-0.15, -0.1) is 0 Å². The Labute approximate surface area is 119 Å². The van der Waals surface area contributed by atoms with Crippen LogP contribution >= 0.6 is 15.9 Å². The summed E-state index contributed by atoms with van der Waals surface area (Å²) in [5.74, 6) is 0.278. The largest absolute Gasteiger partial charge is 0.465 e. The van der Waals surface area contributed by atoms with E-state index >= 15 is 0 Å². The number of benzene rings is 1. The van der Waals surface area contributed by atoms with E-state index in [2.05, 4.69) is 31.0 Å². The van der Waals surface area contributed by atoms with Crippen molar-refractivity contribution in [1.82, 2.24) is 4.98 Å². The molecule has 0 spiro atoms. The Hall–Kier alpha value is -1.88. The summed E-state index contributed by atoms with van der Waals surface area (Å²) in [6.45, 7) is 0.644. The highest BCUT2D eigenvalue weighted by atomic mass is 79.9. The topological polar surface area (TPSA) is 51.2 Å². The van der Waals surface area contributed by atoms with Crippen molar-refractivity contribution in [3.05, 3.63) is 58.2 Å². The lowest BCUT2D eigenvalue weighted by atomic mass is 10.2. The fourth-order valence-electron chi connectivity index (χ4n) is 1.57. The van der Waals surface area contributed by atoms with Gasteiger partial charge in [-0.3, -0.25) is 0 Å². The van der Waals surface area contributed by atoms with E-state index in [9.17, 15) is 4.79 Å². The first kappa shape index (κ1) is 13.5. The van der Waals surface area contributed by atoms with Crippen LogP contribution < -0.4 is 5.32 Å². The van der Waals surface area contributed by atoms with Crippen LogP contribution in [-0.2, 0) is 11.3 Å². The minimum atomic E-state index is -0.367. The molecule has 98 valence electrons. The molecular weight excluding hydrogens is 308 g/mol. The molecule has 2 aromatic rings. The first-order chi connectivity index (χ1) is 9.19. The van der Waals surface area contributed by atoms with Crippen LogP contribution in [0.15, 0.2) is 47.1 Å². The Morgan fingerprint density at radius 1 is 1.32 bits per heavy atom. The van der Waals surface area contributed by atoms with Gasteiger partial charge in [-0.1, -0.05) is 28.1 Å². The maximum atomic E-state index is 11.4. The number of rotatable bonds is 4. The summed E-state index contributed by atoms with van der Waals surface area (Å²) in [5, 5.41) is 3.17. The van der Waals surface area contributed by atoms with E-state index in [1.165, 1.54) is 7.11 Å². The van der Waals surface area contributed by atoms with Crippen LogP contribution in [0, 0.1) is 0 Å². The summed E-state index contributed by atoms with van der Waals surface area (Å²) in [7, 11) is 1.36. The number of nitrogens with zero attached hydrogens (tertiary/aromatic N) is 1. The Kier molecular flexibility index (Phi) is 4.52. The molecule has 0 amide bonds. The fraction of sp³-hybridized carbons (Fsp3) is 0.143. The zero-order chi connectivity index (χ0) is 13.7. The lowest BCUT2D eigenvalue weighted by molar-refractivity contribution is 0.0600. The third kappa shape index (κ3) is 3.79. The van der Waals surface area contributed by atoms with Crippen LogP contribution in [0.4, 0.5) is 5.82 Å². The van der Waals surface area contributed by atoms with Crippen LogP contribution in [0.2, 0.25) is 0 Å². The Morgan fingerprint density at radius 2 is 2.05 bits per heavy atom. The Morgan fingerprint density at radius 3 is 2.74 bits per heavy atom. The molecule has 0 atom stereocenters. The van der Waals surface area contributed by atoms with Gasteiger partial charge in [0.25, 0.3) is 0 Å². The van der Waals surface area contributed by atoms with E-state index in [4.69, 9.17) is 0 Å². The number of nitrogens with one attached hydrogen (secondary N) is 1. The van der Waals surface area contributed by atoms with Crippen molar-refractivity contribution in [3.8, 4) is 0 Å². The van der Waals surface area contributed by atoms with Crippen LogP contribution in [0.1, 0.15) is 15.9 Å². The Balaban J connectivity index is 2.03. The molecule has 0 saturated carbocycles. The van der Waals surface area contributed by atoms with E-state index in [0.717, 1.165) is 10.0 Å². The highest BCUT2D eigenvalue weighted by Crippen LogP contribution is 2.13. The van der Waals surface area contributed by atoms with Gasteiger partial charge in [-0.25, -0.2) is 9.78 Å². The summed E-state index contributed by atoms with van der Waals surface area (Å²) in [5.41, 5.74) is 1.62. The SMILES string of the molecule is COC(=O)c1ccnc(NCc2ccc(Br)cc2)c1. The zero-order valence-electron chi connectivity index (χ0n) is 10.4. The van der Waals surface area contributed by atoms with Gasteiger partial charge >= 0.3 is 5.97 Å². The van der Waals surface area contributed by atoms with Crippen molar-refractivity contribution < 1.29 is 9.53 Å². The van der Waals surface area contributed by atoms with Gasteiger partial charge < -0.3 is 10.1 Å². The van der Waals surface area contributed by atoms with E-state index in [0.29, 0.717) is 17.9 Å². The van der Waals surface area contributed by atoms with E-state index in [1.807, 2.05) is 24.3 Å². The van der Waals surface area contributed by atoms with Crippen LogP contribution in [0.5, 0.6) is 0 Å².